The number of nitrogens with one attached hydrogen (secondary N) is 1. The molecule has 2 aliphatic rings. The highest BCUT2D eigenvalue weighted by molar-refractivity contribution is 5.80. The van der Waals surface area contributed by atoms with Gasteiger partial charge in [0.05, 0.1) is 20.3 Å². The molecular formula is C18H34N4O3. The van der Waals surface area contributed by atoms with Crippen LogP contribution in [-0.2, 0) is 14.3 Å². The van der Waals surface area contributed by atoms with Gasteiger partial charge in [-0.2, -0.15) is 0 Å². The zero-order valence-corrected chi connectivity index (χ0v) is 15.8. The van der Waals surface area contributed by atoms with Crippen LogP contribution in [0.2, 0.25) is 0 Å². The Morgan fingerprint density at radius 3 is 2.76 bits per heavy atom. The van der Waals surface area contributed by atoms with Gasteiger partial charge in [0.1, 0.15) is 0 Å². The molecule has 2 heterocycles. The molecule has 144 valence electrons. The second-order valence-electron chi connectivity index (χ2n) is 6.66. The van der Waals surface area contributed by atoms with Crippen LogP contribution in [0.4, 0.5) is 0 Å². The fourth-order valence-electron chi connectivity index (χ4n) is 3.45. The highest BCUT2D eigenvalue weighted by atomic mass is 16.5. The lowest BCUT2D eigenvalue weighted by Gasteiger charge is -2.32. The number of likely N-dealkylation sites (tertiary alicyclic amines) is 1. The van der Waals surface area contributed by atoms with E-state index in [0.29, 0.717) is 12.5 Å². The molecule has 2 aliphatic heterocycles. The molecule has 1 N–H and O–H groups in total. The summed E-state index contributed by atoms with van der Waals surface area (Å²) in [4.78, 5) is 20.8. The summed E-state index contributed by atoms with van der Waals surface area (Å²) in [5.74, 6) is 0.911. The minimum atomic E-state index is -0.122. The first-order valence-corrected chi connectivity index (χ1v) is 9.66. The van der Waals surface area contributed by atoms with Crippen molar-refractivity contribution in [2.45, 2.75) is 45.1 Å². The van der Waals surface area contributed by atoms with E-state index >= 15 is 0 Å². The number of carbonyl (C=O) groups is 1. The number of hydrogen-bond donors (Lipinski definition) is 1. The van der Waals surface area contributed by atoms with Gasteiger partial charge in [-0.3, -0.25) is 14.7 Å². The van der Waals surface area contributed by atoms with E-state index < -0.39 is 0 Å². The van der Waals surface area contributed by atoms with Gasteiger partial charge in [-0.05, 0) is 26.2 Å². The van der Waals surface area contributed by atoms with Crippen molar-refractivity contribution in [3.8, 4) is 0 Å². The third kappa shape index (κ3) is 6.82. The number of morpholine rings is 1. The number of aliphatic imine (C=N–C) groups is 1. The first-order valence-electron chi connectivity index (χ1n) is 9.66. The average Bonchev–Trinajstić information content (AvgIpc) is 3.14. The number of hydrogen-bond acceptors (Lipinski definition) is 5. The minimum absolute atomic E-state index is 0.122. The molecular weight excluding hydrogens is 320 g/mol. The van der Waals surface area contributed by atoms with Crippen LogP contribution < -0.4 is 5.32 Å². The van der Waals surface area contributed by atoms with E-state index in [1.165, 1.54) is 13.5 Å². The Bertz CT molecular complexity index is 425. The molecule has 0 aromatic rings. The van der Waals surface area contributed by atoms with Crippen LogP contribution in [0.25, 0.3) is 0 Å². The van der Waals surface area contributed by atoms with Gasteiger partial charge >= 0.3 is 5.97 Å². The monoisotopic (exact) mass is 354 g/mol. The fourth-order valence-corrected chi connectivity index (χ4v) is 3.45. The van der Waals surface area contributed by atoms with Crippen molar-refractivity contribution in [1.82, 2.24) is 15.1 Å². The molecule has 2 saturated heterocycles. The SMILES string of the molecule is CCNC(=NCCCCCC(=O)OC)N1CCC(N2CCOCC2)C1. The normalized spacial score (nSPS) is 22.2. The Hall–Kier alpha value is -1.34. The van der Waals surface area contributed by atoms with Crippen molar-refractivity contribution >= 4 is 11.9 Å². The van der Waals surface area contributed by atoms with Gasteiger partial charge in [0.2, 0.25) is 0 Å². The summed E-state index contributed by atoms with van der Waals surface area (Å²) in [6.07, 6.45) is 4.60. The van der Waals surface area contributed by atoms with Crippen LogP contribution in [-0.4, -0.2) is 87.4 Å². The zero-order valence-electron chi connectivity index (χ0n) is 15.8. The minimum Gasteiger partial charge on any atom is -0.469 e. The summed E-state index contributed by atoms with van der Waals surface area (Å²) in [6, 6.07) is 0.618. The van der Waals surface area contributed by atoms with Crippen molar-refractivity contribution < 1.29 is 14.3 Å². The van der Waals surface area contributed by atoms with Gasteiger partial charge in [-0.15, -0.1) is 0 Å². The van der Waals surface area contributed by atoms with E-state index in [2.05, 4.69) is 26.8 Å². The third-order valence-corrected chi connectivity index (χ3v) is 4.89. The molecule has 1 unspecified atom stereocenters. The van der Waals surface area contributed by atoms with E-state index in [0.717, 1.165) is 77.7 Å². The quantitative estimate of drug-likeness (QED) is 0.305. The second-order valence-corrected chi connectivity index (χ2v) is 6.66. The van der Waals surface area contributed by atoms with Crippen molar-refractivity contribution in [3.05, 3.63) is 0 Å². The van der Waals surface area contributed by atoms with Crippen LogP contribution in [0.15, 0.2) is 4.99 Å². The summed E-state index contributed by atoms with van der Waals surface area (Å²) in [6.45, 7) is 9.74. The van der Waals surface area contributed by atoms with Crippen molar-refractivity contribution in [3.63, 3.8) is 0 Å². The first kappa shape index (κ1) is 20.0. The summed E-state index contributed by atoms with van der Waals surface area (Å²) in [5.41, 5.74) is 0. The maximum atomic E-state index is 11.1. The number of nitrogens with zero attached hydrogens (tertiary/aromatic N) is 3. The largest absolute Gasteiger partial charge is 0.469 e. The lowest BCUT2D eigenvalue weighted by Crippen LogP contribution is -2.46. The van der Waals surface area contributed by atoms with Crippen LogP contribution in [0, 0.1) is 0 Å². The van der Waals surface area contributed by atoms with Crippen molar-refractivity contribution in [1.29, 1.82) is 0 Å². The Balaban J connectivity index is 1.72. The fraction of sp³-hybridized carbons (Fsp3) is 0.889. The topological polar surface area (TPSA) is 66.4 Å². The van der Waals surface area contributed by atoms with Gasteiger partial charge < -0.3 is 19.7 Å². The molecule has 7 nitrogen and oxygen atoms in total. The van der Waals surface area contributed by atoms with Crippen LogP contribution in [0.1, 0.15) is 39.0 Å². The number of carbonyl (C=O) groups excluding carboxylic acids is 1. The average molecular weight is 354 g/mol. The van der Waals surface area contributed by atoms with E-state index in [-0.39, 0.29) is 5.97 Å². The molecule has 0 bridgehead atoms. The van der Waals surface area contributed by atoms with Gasteiger partial charge in [0.25, 0.3) is 0 Å². The predicted molar refractivity (Wildman–Crippen MR) is 98.8 cm³/mol. The van der Waals surface area contributed by atoms with Crippen LogP contribution >= 0.6 is 0 Å². The molecule has 2 rings (SSSR count). The van der Waals surface area contributed by atoms with Crippen molar-refractivity contribution in [2.75, 3.05) is 59.6 Å². The highest BCUT2D eigenvalue weighted by Gasteiger charge is 2.30. The molecule has 0 saturated carbocycles. The smallest absolute Gasteiger partial charge is 0.305 e. The molecule has 0 amide bonds. The second kappa shape index (κ2) is 11.3. The Labute approximate surface area is 151 Å². The molecule has 0 aromatic heterocycles. The van der Waals surface area contributed by atoms with E-state index in [1.807, 2.05) is 0 Å². The number of unbranched alkanes of at least 4 members (excludes halogenated alkanes) is 2. The Morgan fingerprint density at radius 1 is 1.24 bits per heavy atom. The lowest BCUT2D eigenvalue weighted by molar-refractivity contribution is -0.140. The molecule has 0 aliphatic carbocycles. The third-order valence-electron chi connectivity index (χ3n) is 4.89. The number of esters is 1. The number of guanidine groups is 1. The van der Waals surface area contributed by atoms with Gasteiger partial charge in [0.15, 0.2) is 5.96 Å². The highest BCUT2D eigenvalue weighted by Crippen LogP contribution is 2.17. The predicted octanol–water partition coefficient (Wildman–Crippen LogP) is 1.09. The number of rotatable bonds is 8. The maximum absolute atomic E-state index is 11.1. The van der Waals surface area contributed by atoms with Gasteiger partial charge in [0, 0.05) is 51.7 Å². The van der Waals surface area contributed by atoms with Gasteiger partial charge in [-0.25, -0.2) is 0 Å². The van der Waals surface area contributed by atoms with Gasteiger partial charge in [-0.1, -0.05) is 6.42 Å². The first-order chi connectivity index (χ1) is 12.2. The van der Waals surface area contributed by atoms with E-state index in [9.17, 15) is 4.79 Å². The molecule has 0 radical (unpaired) electrons. The number of methoxy groups -OCH3 is 1. The van der Waals surface area contributed by atoms with E-state index in [4.69, 9.17) is 9.73 Å². The number of ether oxygens (including phenoxy) is 2. The van der Waals surface area contributed by atoms with E-state index in [1.54, 1.807) is 0 Å². The Morgan fingerprint density at radius 2 is 2.04 bits per heavy atom. The molecule has 0 aromatic carbocycles. The zero-order chi connectivity index (χ0) is 17.9. The summed E-state index contributed by atoms with van der Waals surface area (Å²) in [5, 5.41) is 3.42. The summed E-state index contributed by atoms with van der Waals surface area (Å²) < 4.78 is 10.1. The van der Waals surface area contributed by atoms with Crippen molar-refractivity contribution in [2.24, 2.45) is 4.99 Å². The standard InChI is InChI=1S/C18H34N4O3/c1-3-19-18(20-9-6-4-5-7-17(23)24-2)22-10-8-16(15-22)21-11-13-25-14-12-21/h16H,3-15H2,1-2H3,(H,19,20). The summed E-state index contributed by atoms with van der Waals surface area (Å²) >= 11 is 0. The van der Waals surface area contributed by atoms with Crippen LogP contribution in [0.3, 0.4) is 0 Å². The molecule has 7 heteroatoms. The maximum Gasteiger partial charge on any atom is 0.305 e. The summed E-state index contributed by atoms with van der Waals surface area (Å²) in [7, 11) is 1.44. The molecule has 1 atom stereocenters. The molecule has 0 spiro atoms. The lowest BCUT2D eigenvalue weighted by atomic mass is 10.2. The molecule has 2 fully saturated rings. The molecule has 25 heavy (non-hydrogen) atoms. The van der Waals surface area contributed by atoms with Crippen LogP contribution in [0.5, 0.6) is 0 Å². The Kier molecular flexibility index (Phi) is 9.04.